The summed E-state index contributed by atoms with van der Waals surface area (Å²) in [6.07, 6.45) is 1.97. The van der Waals surface area contributed by atoms with Gasteiger partial charge >= 0.3 is 0 Å². The third kappa shape index (κ3) is 2.08. The first-order valence-corrected chi connectivity index (χ1v) is 3.90. The summed E-state index contributed by atoms with van der Waals surface area (Å²) in [4.78, 5) is 11.5. The molecular formula is C10H11NO2. The Hall–Kier alpha value is -1.77. The van der Waals surface area contributed by atoms with Gasteiger partial charge in [-0.05, 0) is 23.9 Å². The van der Waals surface area contributed by atoms with Crippen molar-refractivity contribution in [2.24, 2.45) is 0 Å². The van der Waals surface area contributed by atoms with E-state index in [-0.39, 0.29) is 6.47 Å². The normalized spacial score (nSPS) is 9.00. The lowest BCUT2D eigenvalue weighted by Crippen LogP contribution is -1.72. The number of hydrogen-bond donors (Lipinski definition) is 2. The first kappa shape index (κ1) is 9.32. The highest BCUT2D eigenvalue weighted by Crippen LogP contribution is 2.14. The topological polar surface area (TPSA) is 53.1 Å². The third-order valence-corrected chi connectivity index (χ3v) is 1.80. The Bertz CT molecular complexity index is 392. The van der Waals surface area contributed by atoms with Gasteiger partial charge < -0.3 is 10.1 Å². The van der Waals surface area contributed by atoms with E-state index < -0.39 is 0 Å². The molecule has 0 amide bonds. The number of rotatable bonds is 0. The molecule has 2 aromatic rings. The zero-order valence-corrected chi connectivity index (χ0v) is 7.32. The molecule has 2 N–H and O–H groups in total. The van der Waals surface area contributed by atoms with Gasteiger partial charge in [0, 0.05) is 11.7 Å². The second kappa shape index (κ2) is 4.30. The number of para-hydroxylation sites is 1. The Labute approximate surface area is 76.0 Å². The van der Waals surface area contributed by atoms with Gasteiger partial charge in [-0.1, -0.05) is 18.2 Å². The highest BCUT2D eigenvalue weighted by atomic mass is 16.3. The molecule has 0 spiro atoms. The minimum absolute atomic E-state index is 0.250. The molecule has 0 fully saturated rings. The quantitative estimate of drug-likeness (QED) is 0.606. The number of hydrogen-bond acceptors (Lipinski definition) is 1. The molecule has 1 aromatic heterocycles. The van der Waals surface area contributed by atoms with Crippen molar-refractivity contribution in [3.63, 3.8) is 0 Å². The van der Waals surface area contributed by atoms with Crippen LogP contribution in [-0.2, 0) is 4.79 Å². The molecule has 0 atom stereocenters. The van der Waals surface area contributed by atoms with Crippen LogP contribution in [0.2, 0.25) is 0 Å². The Morgan fingerprint density at radius 2 is 2.08 bits per heavy atom. The molecule has 0 aliphatic heterocycles. The lowest BCUT2D eigenvalue weighted by Gasteiger charge is -1.92. The second-order valence-electron chi connectivity index (χ2n) is 2.62. The Morgan fingerprint density at radius 1 is 1.38 bits per heavy atom. The lowest BCUT2D eigenvalue weighted by molar-refractivity contribution is -0.122. The maximum Gasteiger partial charge on any atom is 0.290 e. The molecular weight excluding hydrogens is 166 g/mol. The molecule has 0 aliphatic rings. The number of aromatic nitrogens is 1. The number of carbonyl (C=O) groups is 1. The summed E-state index contributed by atoms with van der Waals surface area (Å²) in [5.41, 5.74) is 2.56. The van der Waals surface area contributed by atoms with E-state index >= 15 is 0 Å². The van der Waals surface area contributed by atoms with E-state index in [4.69, 9.17) is 9.90 Å². The number of benzene rings is 1. The van der Waals surface area contributed by atoms with Gasteiger partial charge in [-0.25, -0.2) is 0 Å². The van der Waals surface area contributed by atoms with Crippen molar-refractivity contribution in [1.82, 2.24) is 4.98 Å². The van der Waals surface area contributed by atoms with Crippen LogP contribution >= 0.6 is 0 Å². The summed E-state index contributed by atoms with van der Waals surface area (Å²) >= 11 is 0. The number of aromatic amines is 1. The summed E-state index contributed by atoms with van der Waals surface area (Å²) in [6, 6.07) is 8.38. The molecule has 1 aromatic carbocycles. The summed E-state index contributed by atoms with van der Waals surface area (Å²) in [5.74, 6) is 0. The van der Waals surface area contributed by atoms with Gasteiger partial charge in [0.15, 0.2) is 0 Å². The maximum absolute atomic E-state index is 8.36. The number of nitrogens with one attached hydrogen (secondary N) is 1. The van der Waals surface area contributed by atoms with Gasteiger partial charge in [0.2, 0.25) is 0 Å². The fourth-order valence-corrected chi connectivity index (χ4v) is 1.24. The molecule has 0 aliphatic carbocycles. The van der Waals surface area contributed by atoms with E-state index in [0.29, 0.717) is 0 Å². The Morgan fingerprint density at radius 3 is 2.69 bits per heavy atom. The van der Waals surface area contributed by atoms with Gasteiger partial charge in [-0.15, -0.1) is 0 Å². The van der Waals surface area contributed by atoms with Gasteiger partial charge in [0.05, 0.1) is 0 Å². The van der Waals surface area contributed by atoms with E-state index in [9.17, 15) is 0 Å². The van der Waals surface area contributed by atoms with Crippen molar-refractivity contribution in [2.45, 2.75) is 6.92 Å². The molecule has 2 rings (SSSR count). The minimum Gasteiger partial charge on any atom is -0.483 e. The SMILES string of the molecule is Cc1cccc2cc[nH]c12.O=CO. The van der Waals surface area contributed by atoms with Crippen LogP contribution in [0.5, 0.6) is 0 Å². The fraction of sp³-hybridized carbons (Fsp3) is 0.100. The first-order chi connectivity index (χ1) is 6.29. The average molecular weight is 177 g/mol. The Balaban J connectivity index is 0.000000251. The van der Waals surface area contributed by atoms with Gasteiger partial charge in [-0.2, -0.15) is 0 Å². The van der Waals surface area contributed by atoms with Gasteiger partial charge in [0.1, 0.15) is 0 Å². The fourth-order valence-electron chi connectivity index (χ4n) is 1.24. The van der Waals surface area contributed by atoms with Crippen molar-refractivity contribution in [3.8, 4) is 0 Å². The van der Waals surface area contributed by atoms with Crippen LogP contribution in [-0.4, -0.2) is 16.6 Å². The van der Waals surface area contributed by atoms with E-state index in [1.165, 1.54) is 16.5 Å². The summed E-state index contributed by atoms with van der Waals surface area (Å²) in [6.45, 7) is 1.86. The average Bonchev–Trinajstić information content (AvgIpc) is 2.54. The predicted octanol–water partition coefficient (Wildman–Crippen LogP) is 2.18. The summed E-state index contributed by atoms with van der Waals surface area (Å²) in [5, 5.41) is 8.18. The summed E-state index contributed by atoms with van der Waals surface area (Å²) < 4.78 is 0. The van der Waals surface area contributed by atoms with E-state index in [0.717, 1.165) is 0 Å². The highest BCUT2D eigenvalue weighted by molar-refractivity contribution is 5.82. The Kier molecular flexibility index (Phi) is 3.09. The molecule has 0 saturated heterocycles. The molecule has 0 radical (unpaired) electrons. The number of carboxylic acid groups (broad SMARTS) is 1. The minimum atomic E-state index is -0.250. The van der Waals surface area contributed by atoms with Gasteiger partial charge in [-0.3, -0.25) is 4.79 Å². The van der Waals surface area contributed by atoms with E-state index in [1.54, 1.807) is 0 Å². The molecule has 0 unspecified atom stereocenters. The summed E-state index contributed by atoms with van der Waals surface area (Å²) in [7, 11) is 0. The van der Waals surface area contributed by atoms with Crippen molar-refractivity contribution in [1.29, 1.82) is 0 Å². The third-order valence-electron chi connectivity index (χ3n) is 1.80. The largest absolute Gasteiger partial charge is 0.483 e. The molecule has 68 valence electrons. The van der Waals surface area contributed by atoms with Crippen LogP contribution in [0.3, 0.4) is 0 Å². The maximum atomic E-state index is 8.36. The molecule has 0 saturated carbocycles. The molecule has 3 nitrogen and oxygen atoms in total. The predicted molar refractivity (Wildman–Crippen MR) is 51.7 cm³/mol. The zero-order valence-electron chi connectivity index (χ0n) is 7.32. The van der Waals surface area contributed by atoms with Crippen molar-refractivity contribution >= 4 is 17.4 Å². The second-order valence-corrected chi connectivity index (χ2v) is 2.62. The van der Waals surface area contributed by atoms with Crippen LogP contribution in [0, 0.1) is 6.92 Å². The smallest absolute Gasteiger partial charge is 0.290 e. The molecule has 0 bridgehead atoms. The molecule has 13 heavy (non-hydrogen) atoms. The monoisotopic (exact) mass is 177 g/mol. The van der Waals surface area contributed by atoms with E-state index in [2.05, 4.69) is 36.2 Å². The van der Waals surface area contributed by atoms with Crippen LogP contribution in [0.15, 0.2) is 30.5 Å². The van der Waals surface area contributed by atoms with Crippen molar-refractivity contribution < 1.29 is 9.90 Å². The standard InChI is InChI=1S/C9H9N.CH2O2/c1-7-3-2-4-8-5-6-10-9(7)8;2-1-3/h2-6,10H,1H3;1H,(H,2,3). The van der Waals surface area contributed by atoms with Crippen LogP contribution in [0.1, 0.15) is 5.56 Å². The van der Waals surface area contributed by atoms with Crippen molar-refractivity contribution in [3.05, 3.63) is 36.0 Å². The number of fused-ring (bicyclic) bond motifs is 1. The van der Waals surface area contributed by atoms with Crippen LogP contribution < -0.4 is 0 Å². The van der Waals surface area contributed by atoms with Gasteiger partial charge in [0.25, 0.3) is 6.47 Å². The lowest BCUT2D eigenvalue weighted by atomic mass is 10.2. The van der Waals surface area contributed by atoms with Crippen LogP contribution in [0.25, 0.3) is 10.9 Å². The molecule has 3 heteroatoms. The van der Waals surface area contributed by atoms with E-state index in [1.807, 2.05) is 6.20 Å². The van der Waals surface area contributed by atoms with Crippen LogP contribution in [0.4, 0.5) is 0 Å². The number of aryl methyl sites for hydroxylation is 1. The number of H-pyrrole nitrogens is 1. The molecule has 1 heterocycles. The highest BCUT2D eigenvalue weighted by Gasteiger charge is 1.93. The van der Waals surface area contributed by atoms with Crippen molar-refractivity contribution in [2.75, 3.05) is 0 Å². The first-order valence-electron chi connectivity index (χ1n) is 3.90. The zero-order chi connectivity index (χ0) is 9.68.